The molecule has 4 heteroatoms. The van der Waals surface area contributed by atoms with Gasteiger partial charge >= 0.3 is 0 Å². The highest BCUT2D eigenvalue weighted by Crippen LogP contribution is 2.50. The predicted octanol–water partition coefficient (Wildman–Crippen LogP) is 5.98. The van der Waals surface area contributed by atoms with Crippen LogP contribution in [0.15, 0.2) is 64.5 Å². The van der Waals surface area contributed by atoms with Crippen molar-refractivity contribution in [1.82, 2.24) is 9.55 Å². The fourth-order valence-electron chi connectivity index (χ4n) is 5.30. The number of benzene rings is 2. The molecule has 0 N–H and O–H groups in total. The highest BCUT2D eigenvalue weighted by molar-refractivity contribution is 7.98. The third kappa shape index (κ3) is 3.31. The molecule has 0 aliphatic heterocycles. The lowest BCUT2D eigenvalue weighted by molar-refractivity contribution is 0.414. The summed E-state index contributed by atoms with van der Waals surface area (Å²) in [7, 11) is 0. The Morgan fingerprint density at radius 3 is 2.53 bits per heavy atom. The van der Waals surface area contributed by atoms with Crippen molar-refractivity contribution in [3.8, 4) is 11.3 Å². The molecular formula is C26H28N2OS. The molecule has 30 heavy (non-hydrogen) atoms. The molecule has 154 valence electrons. The summed E-state index contributed by atoms with van der Waals surface area (Å²) in [4.78, 5) is 19.1. The molecule has 1 fully saturated rings. The van der Waals surface area contributed by atoms with Gasteiger partial charge in [-0.15, -0.1) is 0 Å². The van der Waals surface area contributed by atoms with Crippen molar-refractivity contribution in [2.75, 3.05) is 0 Å². The molecule has 2 aliphatic rings. The maximum Gasteiger partial charge on any atom is 0.258 e. The van der Waals surface area contributed by atoms with E-state index in [9.17, 15) is 4.79 Å². The molecular weight excluding hydrogens is 388 g/mol. The van der Waals surface area contributed by atoms with Crippen molar-refractivity contribution >= 4 is 11.8 Å². The minimum atomic E-state index is -0.0219. The number of aromatic nitrogens is 2. The number of rotatable bonds is 5. The van der Waals surface area contributed by atoms with E-state index in [4.69, 9.17) is 4.98 Å². The average Bonchev–Trinajstić information content (AvgIpc) is 3.23. The van der Waals surface area contributed by atoms with Crippen molar-refractivity contribution in [3.63, 3.8) is 0 Å². The highest BCUT2D eigenvalue weighted by Gasteiger charge is 2.44. The zero-order valence-corrected chi connectivity index (χ0v) is 18.4. The first-order valence-corrected chi connectivity index (χ1v) is 12.1. The summed E-state index contributed by atoms with van der Waals surface area (Å²) in [6.07, 6.45) is 6.54. The van der Waals surface area contributed by atoms with Crippen molar-refractivity contribution in [2.45, 2.75) is 68.3 Å². The van der Waals surface area contributed by atoms with Crippen LogP contribution in [0.1, 0.15) is 55.7 Å². The smallest absolute Gasteiger partial charge is 0.258 e. The zero-order valence-electron chi connectivity index (χ0n) is 17.6. The van der Waals surface area contributed by atoms with Crippen LogP contribution in [0, 0.1) is 0 Å². The van der Waals surface area contributed by atoms with Crippen LogP contribution >= 0.6 is 11.8 Å². The molecule has 1 spiro atoms. The summed E-state index contributed by atoms with van der Waals surface area (Å²) in [5.74, 6) is 0.822. The summed E-state index contributed by atoms with van der Waals surface area (Å²) in [5.41, 5.74) is 5.89. The quantitative estimate of drug-likeness (QED) is 0.379. The average molecular weight is 417 g/mol. The molecule has 0 amide bonds. The number of fused-ring (bicyclic) bond motifs is 4. The summed E-state index contributed by atoms with van der Waals surface area (Å²) >= 11 is 1.68. The molecule has 5 rings (SSSR count). The van der Waals surface area contributed by atoms with E-state index in [1.165, 1.54) is 24.0 Å². The van der Waals surface area contributed by atoms with Crippen molar-refractivity contribution in [3.05, 3.63) is 81.6 Å². The van der Waals surface area contributed by atoms with Gasteiger partial charge < -0.3 is 0 Å². The summed E-state index contributed by atoms with van der Waals surface area (Å²) in [5, 5.41) is 0.856. The van der Waals surface area contributed by atoms with Gasteiger partial charge in [0.25, 0.3) is 5.56 Å². The molecule has 3 aromatic rings. The van der Waals surface area contributed by atoms with E-state index in [1.54, 1.807) is 11.8 Å². The molecule has 1 aromatic heterocycles. The van der Waals surface area contributed by atoms with Crippen LogP contribution in [0.25, 0.3) is 11.3 Å². The lowest BCUT2D eigenvalue weighted by atomic mass is 9.68. The zero-order chi connectivity index (χ0) is 20.6. The van der Waals surface area contributed by atoms with E-state index in [0.717, 1.165) is 60.0 Å². The Labute approximate surface area is 182 Å². The molecule has 3 nitrogen and oxygen atoms in total. The molecule has 1 heterocycles. The van der Waals surface area contributed by atoms with E-state index < -0.39 is 0 Å². The van der Waals surface area contributed by atoms with Crippen molar-refractivity contribution < 1.29 is 0 Å². The Balaban J connectivity index is 1.67. The lowest BCUT2D eigenvalue weighted by Gasteiger charge is -2.36. The van der Waals surface area contributed by atoms with Gasteiger partial charge in [0.2, 0.25) is 0 Å². The maximum absolute atomic E-state index is 13.9. The fraction of sp³-hybridized carbons (Fsp3) is 0.385. The summed E-state index contributed by atoms with van der Waals surface area (Å²) < 4.78 is 1.96. The first-order chi connectivity index (χ1) is 14.7. The van der Waals surface area contributed by atoms with E-state index in [0.29, 0.717) is 0 Å². The molecule has 0 atom stereocenters. The van der Waals surface area contributed by atoms with E-state index in [1.807, 2.05) is 10.6 Å². The van der Waals surface area contributed by atoms with Crippen LogP contribution in [0.5, 0.6) is 0 Å². The first-order valence-electron chi connectivity index (χ1n) is 11.1. The maximum atomic E-state index is 13.9. The molecule has 0 saturated heterocycles. The van der Waals surface area contributed by atoms with Gasteiger partial charge in [-0.1, -0.05) is 86.1 Å². The number of thioether (sulfide) groups is 1. The molecule has 2 aliphatic carbocycles. The fourth-order valence-corrected chi connectivity index (χ4v) is 6.27. The summed E-state index contributed by atoms with van der Waals surface area (Å²) in [6, 6.07) is 19.0. The van der Waals surface area contributed by atoms with Gasteiger partial charge in [0, 0.05) is 23.3 Å². The second-order valence-electron chi connectivity index (χ2n) is 8.67. The Bertz CT molecular complexity index is 1110. The van der Waals surface area contributed by atoms with Gasteiger partial charge in [-0.05, 0) is 36.8 Å². The molecule has 2 aromatic carbocycles. The van der Waals surface area contributed by atoms with Gasteiger partial charge in [0.1, 0.15) is 0 Å². The van der Waals surface area contributed by atoms with Crippen molar-refractivity contribution in [1.29, 1.82) is 0 Å². The van der Waals surface area contributed by atoms with Crippen LogP contribution in [0.2, 0.25) is 0 Å². The third-order valence-electron chi connectivity index (χ3n) is 6.68. The van der Waals surface area contributed by atoms with Gasteiger partial charge in [-0.2, -0.15) is 0 Å². The largest absolute Gasteiger partial charge is 0.287 e. The van der Waals surface area contributed by atoms with Crippen LogP contribution in [-0.2, 0) is 24.1 Å². The Morgan fingerprint density at radius 1 is 1.03 bits per heavy atom. The van der Waals surface area contributed by atoms with Gasteiger partial charge in [0.15, 0.2) is 5.16 Å². The highest BCUT2D eigenvalue weighted by atomic mass is 32.2. The van der Waals surface area contributed by atoms with Crippen LogP contribution in [-0.4, -0.2) is 9.55 Å². The second-order valence-corrected chi connectivity index (χ2v) is 9.61. The Kier molecular flexibility index (Phi) is 5.28. The van der Waals surface area contributed by atoms with E-state index in [2.05, 4.69) is 55.5 Å². The first kappa shape index (κ1) is 19.6. The van der Waals surface area contributed by atoms with Gasteiger partial charge in [-0.25, -0.2) is 4.98 Å². The molecule has 0 bridgehead atoms. The van der Waals surface area contributed by atoms with Gasteiger partial charge in [0.05, 0.1) is 11.3 Å². The lowest BCUT2D eigenvalue weighted by Crippen LogP contribution is -2.40. The Hall–Kier alpha value is -2.33. The monoisotopic (exact) mass is 416 g/mol. The molecule has 1 saturated carbocycles. The predicted molar refractivity (Wildman–Crippen MR) is 124 cm³/mol. The molecule has 0 radical (unpaired) electrons. The van der Waals surface area contributed by atoms with Crippen molar-refractivity contribution in [2.24, 2.45) is 0 Å². The van der Waals surface area contributed by atoms with E-state index >= 15 is 0 Å². The summed E-state index contributed by atoms with van der Waals surface area (Å²) in [6.45, 7) is 2.87. The second kappa shape index (κ2) is 8.07. The van der Waals surface area contributed by atoms with Crippen LogP contribution in [0.3, 0.4) is 0 Å². The standard InChI is InChI=1S/C26H28N2OS/c1-2-16-28-24(29)22-23(27-25(28)30-18-19-10-4-3-5-11-19)21-13-7-6-12-20(21)17-26(22)14-8-9-15-26/h3-7,10-13H,2,8-9,14-18H2,1H3. The van der Waals surface area contributed by atoms with Crippen LogP contribution in [0.4, 0.5) is 0 Å². The van der Waals surface area contributed by atoms with E-state index in [-0.39, 0.29) is 11.0 Å². The topological polar surface area (TPSA) is 34.9 Å². The van der Waals surface area contributed by atoms with Crippen LogP contribution < -0.4 is 5.56 Å². The minimum Gasteiger partial charge on any atom is -0.287 e. The third-order valence-corrected chi connectivity index (χ3v) is 7.73. The SMILES string of the molecule is CCCn1c(SCc2ccccc2)nc2c(c1=O)C1(CCCC1)Cc1ccccc1-2. The number of hydrogen-bond donors (Lipinski definition) is 0. The Morgan fingerprint density at radius 2 is 1.77 bits per heavy atom. The minimum absolute atomic E-state index is 0.0219. The molecule has 0 unspecified atom stereocenters. The normalized spacial score (nSPS) is 16.4. The number of hydrogen-bond acceptors (Lipinski definition) is 3. The van der Waals surface area contributed by atoms with Gasteiger partial charge in [-0.3, -0.25) is 9.36 Å². The number of nitrogens with zero attached hydrogens (tertiary/aromatic N) is 2.